The smallest absolute Gasteiger partial charge is 0.253 e. The van der Waals surface area contributed by atoms with Crippen LogP contribution in [0.1, 0.15) is 46.1 Å². The molecule has 0 aliphatic carbocycles. The summed E-state index contributed by atoms with van der Waals surface area (Å²) in [4.78, 5) is 19.1. The number of hydrogen-bond donors (Lipinski definition) is 0. The summed E-state index contributed by atoms with van der Waals surface area (Å²) in [5.74, 6) is 0.944. The van der Waals surface area contributed by atoms with Gasteiger partial charge in [0.1, 0.15) is 5.82 Å². The summed E-state index contributed by atoms with van der Waals surface area (Å²) < 4.78 is 18.5. The molecular weight excluding hydrogens is 357 g/mol. The Morgan fingerprint density at radius 3 is 2.46 bits per heavy atom. The van der Waals surface area contributed by atoms with E-state index in [-0.39, 0.29) is 17.6 Å². The molecule has 1 saturated heterocycles. The highest BCUT2D eigenvalue weighted by molar-refractivity contribution is 5.94. The summed E-state index contributed by atoms with van der Waals surface area (Å²) in [7, 11) is 0. The fourth-order valence-electron chi connectivity index (χ4n) is 3.50. The van der Waals surface area contributed by atoms with Crippen LogP contribution < -0.4 is 0 Å². The van der Waals surface area contributed by atoms with Crippen LogP contribution in [0.15, 0.2) is 47.0 Å². The topological polar surface area (TPSA) is 59.2 Å². The molecule has 3 aromatic rings. The summed E-state index contributed by atoms with van der Waals surface area (Å²) in [5, 5.41) is 4.02. The minimum absolute atomic E-state index is 0.0686. The van der Waals surface area contributed by atoms with E-state index in [9.17, 15) is 9.18 Å². The van der Waals surface area contributed by atoms with Crippen LogP contribution in [0, 0.1) is 19.7 Å². The van der Waals surface area contributed by atoms with Gasteiger partial charge in [-0.1, -0.05) is 11.2 Å². The standard InChI is InChI=1S/C22H22FN3O2/c1-14-3-4-18(13-15(14)2)22(27)26-11-9-17(10-12-26)21-24-20(25-28-21)16-5-7-19(23)8-6-16/h3-8,13,17H,9-12H2,1-2H3. The van der Waals surface area contributed by atoms with E-state index < -0.39 is 0 Å². The van der Waals surface area contributed by atoms with Crippen LogP contribution in [0.4, 0.5) is 4.39 Å². The van der Waals surface area contributed by atoms with Crippen molar-refractivity contribution in [3.05, 3.63) is 70.9 Å². The van der Waals surface area contributed by atoms with E-state index in [1.165, 1.54) is 17.7 Å². The van der Waals surface area contributed by atoms with E-state index in [2.05, 4.69) is 10.1 Å². The zero-order valence-corrected chi connectivity index (χ0v) is 16.0. The number of aromatic nitrogens is 2. The molecular formula is C22H22FN3O2. The van der Waals surface area contributed by atoms with Gasteiger partial charge in [0.15, 0.2) is 0 Å². The third-order valence-corrected chi connectivity index (χ3v) is 5.43. The number of likely N-dealkylation sites (tertiary alicyclic amines) is 1. The van der Waals surface area contributed by atoms with Crippen molar-refractivity contribution >= 4 is 5.91 Å². The Bertz CT molecular complexity index is 989. The number of amides is 1. The quantitative estimate of drug-likeness (QED) is 0.672. The second-order valence-electron chi connectivity index (χ2n) is 7.33. The van der Waals surface area contributed by atoms with Gasteiger partial charge in [-0.3, -0.25) is 4.79 Å². The molecule has 0 saturated carbocycles. The van der Waals surface area contributed by atoms with Crippen LogP contribution in [0.2, 0.25) is 0 Å². The Morgan fingerprint density at radius 2 is 1.79 bits per heavy atom. The molecule has 144 valence electrons. The van der Waals surface area contributed by atoms with E-state index in [1.54, 1.807) is 12.1 Å². The average molecular weight is 379 g/mol. The molecule has 1 amide bonds. The molecule has 0 spiro atoms. The minimum Gasteiger partial charge on any atom is -0.339 e. The number of carbonyl (C=O) groups is 1. The van der Waals surface area contributed by atoms with E-state index in [1.807, 2.05) is 36.9 Å². The number of benzene rings is 2. The molecule has 2 aromatic carbocycles. The third kappa shape index (κ3) is 3.67. The fourth-order valence-corrected chi connectivity index (χ4v) is 3.50. The first-order valence-corrected chi connectivity index (χ1v) is 9.47. The van der Waals surface area contributed by atoms with E-state index in [4.69, 9.17) is 4.52 Å². The number of halogens is 1. The van der Waals surface area contributed by atoms with Crippen molar-refractivity contribution in [2.75, 3.05) is 13.1 Å². The highest BCUT2D eigenvalue weighted by atomic mass is 19.1. The van der Waals surface area contributed by atoms with Crippen molar-refractivity contribution < 1.29 is 13.7 Å². The van der Waals surface area contributed by atoms with Crippen LogP contribution in [0.25, 0.3) is 11.4 Å². The maximum absolute atomic E-state index is 13.1. The Labute approximate surface area is 163 Å². The minimum atomic E-state index is -0.298. The Morgan fingerprint density at radius 1 is 1.07 bits per heavy atom. The molecule has 6 heteroatoms. The van der Waals surface area contributed by atoms with Crippen molar-refractivity contribution in [1.29, 1.82) is 0 Å². The highest BCUT2D eigenvalue weighted by Gasteiger charge is 2.28. The van der Waals surface area contributed by atoms with E-state index >= 15 is 0 Å². The van der Waals surface area contributed by atoms with Gasteiger partial charge < -0.3 is 9.42 Å². The normalized spacial score (nSPS) is 15.0. The van der Waals surface area contributed by atoms with Crippen LogP contribution in [0.3, 0.4) is 0 Å². The second-order valence-corrected chi connectivity index (χ2v) is 7.33. The molecule has 0 unspecified atom stereocenters. The maximum atomic E-state index is 13.1. The first kappa shape index (κ1) is 18.3. The van der Waals surface area contributed by atoms with Crippen LogP contribution in [-0.2, 0) is 0 Å². The molecule has 28 heavy (non-hydrogen) atoms. The van der Waals surface area contributed by atoms with Crippen molar-refractivity contribution in [3.63, 3.8) is 0 Å². The zero-order chi connectivity index (χ0) is 19.7. The van der Waals surface area contributed by atoms with Gasteiger partial charge in [0.2, 0.25) is 11.7 Å². The third-order valence-electron chi connectivity index (χ3n) is 5.43. The molecule has 4 rings (SSSR count). The van der Waals surface area contributed by atoms with Crippen molar-refractivity contribution in [3.8, 4) is 11.4 Å². The molecule has 0 bridgehead atoms. The number of aryl methyl sites for hydroxylation is 2. The lowest BCUT2D eigenvalue weighted by atomic mass is 9.96. The van der Waals surface area contributed by atoms with Gasteiger partial charge in [-0.05, 0) is 74.2 Å². The molecule has 1 fully saturated rings. The second kappa shape index (κ2) is 7.54. The van der Waals surface area contributed by atoms with Crippen LogP contribution >= 0.6 is 0 Å². The first-order chi connectivity index (χ1) is 13.5. The van der Waals surface area contributed by atoms with E-state index in [0.717, 1.165) is 29.5 Å². The van der Waals surface area contributed by atoms with Crippen molar-refractivity contribution in [2.45, 2.75) is 32.6 Å². The summed E-state index contributed by atoms with van der Waals surface area (Å²) in [5.41, 5.74) is 3.76. The SMILES string of the molecule is Cc1ccc(C(=O)N2CCC(c3nc(-c4ccc(F)cc4)no3)CC2)cc1C. The summed E-state index contributed by atoms with van der Waals surface area (Å²) in [6.07, 6.45) is 1.56. The molecule has 1 aliphatic rings. The molecule has 1 aliphatic heterocycles. The fraction of sp³-hybridized carbons (Fsp3) is 0.318. The summed E-state index contributed by atoms with van der Waals surface area (Å²) >= 11 is 0. The molecule has 0 N–H and O–H groups in total. The first-order valence-electron chi connectivity index (χ1n) is 9.47. The van der Waals surface area contributed by atoms with Crippen LogP contribution in [0.5, 0.6) is 0 Å². The lowest BCUT2D eigenvalue weighted by Gasteiger charge is -2.30. The number of piperidine rings is 1. The van der Waals surface area contributed by atoms with Crippen molar-refractivity contribution in [2.24, 2.45) is 0 Å². The lowest BCUT2D eigenvalue weighted by Crippen LogP contribution is -2.38. The van der Waals surface area contributed by atoms with Gasteiger partial charge in [-0.15, -0.1) is 0 Å². The summed E-state index contributed by atoms with van der Waals surface area (Å²) in [6, 6.07) is 11.9. The van der Waals surface area contributed by atoms with Gasteiger partial charge in [-0.2, -0.15) is 4.98 Å². The number of carbonyl (C=O) groups excluding carboxylic acids is 1. The highest BCUT2D eigenvalue weighted by Crippen LogP contribution is 2.29. The average Bonchev–Trinajstić information content (AvgIpc) is 3.20. The Balaban J connectivity index is 1.41. The van der Waals surface area contributed by atoms with Gasteiger partial charge in [0.05, 0.1) is 0 Å². The van der Waals surface area contributed by atoms with Crippen molar-refractivity contribution in [1.82, 2.24) is 15.0 Å². The predicted molar refractivity (Wildman–Crippen MR) is 103 cm³/mol. The largest absolute Gasteiger partial charge is 0.339 e. The number of hydrogen-bond acceptors (Lipinski definition) is 4. The summed E-state index contributed by atoms with van der Waals surface area (Å²) in [6.45, 7) is 5.38. The molecule has 5 nitrogen and oxygen atoms in total. The van der Waals surface area contributed by atoms with Gasteiger partial charge in [0.25, 0.3) is 5.91 Å². The maximum Gasteiger partial charge on any atom is 0.253 e. The molecule has 0 atom stereocenters. The van der Waals surface area contributed by atoms with Gasteiger partial charge >= 0.3 is 0 Å². The molecule has 2 heterocycles. The lowest BCUT2D eigenvalue weighted by molar-refractivity contribution is 0.0704. The Hall–Kier alpha value is -3.02. The molecule has 0 radical (unpaired) electrons. The number of nitrogens with zero attached hydrogens (tertiary/aromatic N) is 3. The predicted octanol–water partition coefficient (Wildman–Crippen LogP) is 4.51. The molecule has 1 aromatic heterocycles. The van der Waals surface area contributed by atoms with Gasteiger partial charge in [0, 0.05) is 30.1 Å². The van der Waals surface area contributed by atoms with Crippen LogP contribution in [-0.4, -0.2) is 34.0 Å². The Kier molecular flexibility index (Phi) is 4.94. The zero-order valence-electron chi connectivity index (χ0n) is 16.0. The van der Waals surface area contributed by atoms with Gasteiger partial charge in [-0.25, -0.2) is 4.39 Å². The number of rotatable bonds is 3. The van der Waals surface area contributed by atoms with E-state index in [0.29, 0.717) is 24.8 Å². The monoisotopic (exact) mass is 379 g/mol.